The quantitative estimate of drug-likeness (QED) is 0.0920. The standard InChI is InChI=1S/C37H37F3N6O6/c1-20(2)17-50-35(47)23-7-9-28(38)32(13-23)45-15-30(41-43-45)26-11-25(37(49)52-19-22(5)6)12-27(34(26)40)31-16-46(44-42-31)33-14-24(8-10-29(33)39)36(48)51-18-21(3)4/h7-16,20-22H,17-19H2,1-6H3. The molecule has 12 nitrogen and oxygen atoms in total. The Labute approximate surface area is 297 Å². The Balaban J connectivity index is 1.54. The van der Waals surface area contributed by atoms with E-state index in [0.29, 0.717) is 0 Å². The molecular formula is C37H37F3N6O6. The van der Waals surface area contributed by atoms with Gasteiger partial charge in [0.25, 0.3) is 0 Å². The van der Waals surface area contributed by atoms with E-state index in [2.05, 4.69) is 20.6 Å². The third-order valence-corrected chi connectivity index (χ3v) is 7.35. The van der Waals surface area contributed by atoms with Crippen molar-refractivity contribution in [1.82, 2.24) is 30.0 Å². The van der Waals surface area contributed by atoms with Gasteiger partial charge in [0.15, 0.2) is 0 Å². The highest BCUT2D eigenvalue weighted by Gasteiger charge is 2.24. The van der Waals surface area contributed by atoms with Gasteiger partial charge >= 0.3 is 17.9 Å². The second kappa shape index (κ2) is 16.0. The third-order valence-electron chi connectivity index (χ3n) is 7.35. The summed E-state index contributed by atoms with van der Waals surface area (Å²) in [5.74, 6) is -4.32. The van der Waals surface area contributed by atoms with Crippen molar-refractivity contribution in [2.75, 3.05) is 19.8 Å². The Morgan fingerprint density at radius 1 is 0.577 bits per heavy atom. The zero-order chi connectivity index (χ0) is 37.7. The Morgan fingerprint density at radius 2 is 0.942 bits per heavy atom. The monoisotopic (exact) mass is 718 g/mol. The van der Waals surface area contributed by atoms with Crippen molar-refractivity contribution in [2.24, 2.45) is 17.8 Å². The summed E-state index contributed by atoms with van der Waals surface area (Å²) < 4.78 is 64.4. The molecule has 3 aromatic carbocycles. The molecule has 2 aromatic heterocycles. The van der Waals surface area contributed by atoms with Gasteiger partial charge in [0.2, 0.25) is 0 Å². The van der Waals surface area contributed by atoms with Gasteiger partial charge in [-0.05, 0) is 66.3 Å². The second-order valence-corrected chi connectivity index (χ2v) is 13.3. The summed E-state index contributed by atoms with van der Waals surface area (Å²) in [6.07, 6.45) is 2.45. The summed E-state index contributed by atoms with van der Waals surface area (Å²) in [6, 6.07) is 9.57. The van der Waals surface area contributed by atoms with Crippen LogP contribution in [0.3, 0.4) is 0 Å². The molecule has 5 rings (SSSR count). The normalized spacial score (nSPS) is 11.4. The van der Waals surface area contributed by atoms with Crippen LogP contribution in [0.15, 0.2) is 60.9 Å². The zero-order valence-corrected chi connectivity index (χ0v) is 29.4. The number of halogens is 3. The van der Waals surface area contributed by atoms with Gasteiger partial charge in [0.05, 0.1) is 48.9 Å². The minimum Gasteiger partial charge on any atom is -0.462 e. The summed E-state index contributed by atoms with van der Waals surface area (Å²) in [7, 11) is 0. The van der Waals surface area contributed by atoms with E-state index >= 15 is 4.39 Å². The number of esters is 3. The van der Waals surface area contributed by atoms with Crippen LogP contribution in [0.25, 0.3) is 33.9 Å². The van der Waals surface area contributed by atoms with E-state index in [0.717, 1.165) is 21.5 Å². The smallest absolute Gasteiger partial charge is 0.338 e. The van der Waals surface area contributed by atoms with E-state index in [4.69, 9.17) is 14.2 Å². The van der Waals surface area contributed by atoms with Crippen LogP contribution in [-0.4, -0.2) is 67.7 Å². The molecule has 0 aliphatic rings. The van der Waals surface area contributed by atoms with Crippen molar-refractivity contribution in [1.29, 1.82) is 0 Å². The number of aromatic nitrogens is 6. The Bertz CT molecular complexity index is 1980. The topological polar surface area (TPSA) is 140 Å². The number of carbonyl (C=O) groups is 3. The molecule has 5 aromatic rings. The van der Waals surface area contributed by atoms with Gasteiger partial charge in [0.1, 0.15) is 40.2 Å². The summed E-state index contributed by atoms with van der Waals surface area (Å²) >= 11 is 0. The van der Waals surface area contributed by atoms with Gasteiger partial charge in [-0.25, -0.2) is 36.9 Å². The first-order valence-corrected chi connectivity index (χ1v) is 16.5. The van der Waals surface area contributed by atoms with Crippen LogP contribution in [0.2, 0.25) is 0 Å². The fraction of sp³-hybridized carbons (Fsp3) is 0.324. The van der Waals surface area contributed by atoms with E-state index in [1.165, 1.54) is 48.8 Å². The van der Waals surface area contributed by atoms with Crippen molar-refractivity contribution in [3.63, 3.8) is 0 Å². The van der Waals surface area contributed by atoms with Gasteiger partial charge in [-0.3, -0.25) is 0 Å². The second-order valence-electron chi connectivity index (χ2n) is 13.3. The largest absolute Gasteiger partial charge is 0.462 e. The molecule has 0 fully saturated rings. The van der Waals surface area contributed by atoms with E-state index in [9.17, 15) is 23.2 Å². The lowest BCUT2D eigenvalue weighted by Gasteiger charge is -2.11. The molecule has 0 spiro atoms. The van der Waals surface area contributed by atoms with E-state index in [-0.39, 0.29) is 88.2 Å². The molecule has 0 atom stereocenters. The number of nitrogens with zero attached hydrogens (tertiary/aromatic N) is 6. The Morgan fingerprint density at radius 3 is 1.31 bits per heavy atom. The molecule has 272 valence electrons. The summed E-state index contributed by atoms with van der Waals surface area (Å²) in [4.78, 5) is 38.3. The van der Waals surface area contributed by atoms with Gasteiger partial charge in [0, 0.05) is 11.1 Å². The number of benzene rings is 3. The molecule has 0 amide bonds. The Kier molecular flexibility index (Phi) is 11.5. The number of rotatable bonds is 13. The predicted molar refractivity (Wildman–Crippen MR) is 182 cm³/mol. The van der Waals surface area contributed by atoms with Crippen LogP contribution in [0.5, 0.6) is 0 Å². The van der Waals surface area contributed by atoms with E-state index < -0.39 is 35.4 Å². The van der Waals surface area contributed by atoms with Crippen LogP contribution in [-0.2, 0) is 14.2 Å². The van der Waals surface area contributed by atoms with Crippen LogP contribution in [0.4, 0.5) is 13.2 Å². The lowest BCUT2D eigenvalue weighted by molar-refractivity contribution is 0.0450. The van der Waals surface area contributed by atoms with Crippen molar-refractivity contribution in [2.45, 2.75) is 41.5 Å². The predicted octanol–water partition coefficient (Wildman–Crippen LogP) is 7.04. The molecule has 0 unspecified atom stereocenters. The molecule has 0 aliphatic heterocycles. The lowest BCUT2D eigenvalue weighted by Crippen LogP contribution is -2.11. The van der Waals surface area contributed by atoms with Gasteiger partial charge in [-0.1, -0.05) is 52.0 Å². The molecule has 0 saturated heterocycles. The van der Waals surface area contributed by atoms with Crippen molar-refractivity contribution >= 4 is 17.9 Å². The van der Waals surface area contributed by atoms with Gasteiger partial charge < -0.3 is 14.2 Å². The highest BCUT2D eigenvalue weighted by molar-refractivity contribution is 5.93. The Hall–Kier alpha value is -5.86. The first-order valence-electron chi connectivity index (χ1n) is 16.5. The van der Waals surface area contributed by atoms with Gasteiger partial charge in [-0.15, -0.1) is 10.2 Å². The average Bonchev–Trinajstić information content (AvgIpc) is 3.80. The number of ether oxygens (including phenoxy) is 3. The maximum absolute atomic E-state index is 16.4. The molecule has 2 heterocycles. The highest BCUT2D eigenvalue weighted by Crippen LogP contribution is 2.32. The minimum absolute atomic E-state index is 0.00441. The number of hydrogen-bond donors (Lipinski definition) is 0. The summed E-state index contributed by atoms with van der Waals surface area (Å²) in [6.45, 7) is 11.6. The fourth-order valence-electron chi connectivity index (χ4n) is 4.73. The summed E-state index contributed by atoms with van der Waals surface area (Å²) in [5.41, 5.74) is -0.904. The molecule has 0 N–H and O–H groups in total. The summed E-state index contributed by atoms with van der Waals surface area (Å²) in [5, 5.41) is 16.0. The van der Waals surface area contributed by atoms with E-state index in [1.807, 2.05) is 41.5 Å². The average molecular weight is 719 g/mol. The van der Waals surface area contributed by atoms with Crippen LogP contribution in [0, 0.1) is 35.2 Å². The zero-order valence-electron chi connectivity index (χ0n) is 29.4. The molecule has 0 aliphatic carbocycles. The number of hydrogen-bond acceptors (Lipinski definition) is 10. The number of carbonyl (C=O) groups excluding carboxylic acids is 3. The first-order chi connectivity index (χ1) is 24.7. The third kappa shape index (κ3) is 8.71. The maximum atomic E-state index is 16.4. The molecule has 0 saturated carbocycles. The van der Waals surface area contributed by atoms with Gasteiger partial charge in [-0.2, -0.15) is 0 Å². The van der Waals surface area contributed by atoms with E-state index in [1.54, 1.807) is 0 Å². The van der Waals surface area contributed by atoms with Crippen LogP contribution < -0.4 is 0 Å². The van der Waals surface area contributed by atoms with Crippen LogP contribution >= 0.6 is 0 Å². The molecule has 0 radical (unpaired) electrons. The molecule has 52 heavy (non-hydrogen) atoms. The highest BCUT2D eigenvalue weighted by atomic mass is 19.1. The van der Waals surface area contributed by atoms with Crippen molar-refractivity contribution in [3.05, 3.63) is 95.1 Å². The lowest BCUT2D eigenvalue weighted by atomic mass is 10.0. The SMILES string of the molecule is CC(C)COC(=O)c1cc(-c2cn(-c3cc(C(=O)OCC(C)C)ccc3F)nn2)c(F)c(-c2cn(-c3cc(C(=O)OCC(C)C)ccc3F)nn2)c1. The molecular weight excluding hydrogens is 681 g/mol. The fourth-order valence-corrected chi connectivity index (χ4v) is 4.73. The van der Waals surface area contributed by atoms with Crippen molar-refractivity contribution in [3.8, 4) is 33.9 Å². The molecule has 0 bridgehead atoms. The van der Waals surface area contributed by atoms with Crippen molar-refractivity contribution < 1.29 is 41.8 Å². The van der Waals surface area contributed by atoms with Crippen LogP contribution in [0.1, 0.15) is 72.6 Å². The molecule has 15 heteroatoms. The minimum atomic E-state index is -0.905. The maximum Gasteiger partial charge on any atom is 0.338 e. The first kappa shape index (κ1) is 37.4.